The van der Waals surface area contributed by atoms with E-state index in [-0.39, 0.29) is 6.54 Å². The SMILES string of the molecule is FC(F)(F)CONCc1ccc2[nH]ccc2c1. The fourth-order valence-corrected chi connectivity index (χ4v) is 1.48. The molecule has 2 rings (SSSR count). The predicted octanol–water partition coefficient (Wildman–Crippen LogP) is 2.75. The van der Waals surface area contributed by atoms with Crippen LogP contribution in [0.1, 0.15) is 5.56 Å². The molecule has 0 bridgehead atoms. The molecule has 92 valence electrons. The normalized spacial score (nSPS) is 12.2. The van der Waals surface area contributed by atoms with E-state index in [0.29, 0.717) is 0 Å². The summed E-state index contributed by atoms with van der Waals surface area (Å²) in [6.45, 7) is -1.06. The molecule has 0 atom stereocenters. The van der Waals surface area contributed by atoms with Crippen LogP contribution in [0.3, 0.4) is 0 Å². The van der Waals surface area contributed by atoms with E-state index in [4.69, 9.17) is 0 Å². The van der Waals surface area contributed by atoms with E-state index in [2.05, 4.69) is 15.3 Å². The molecule has 2 aromatic rings. The quantitative estimate of drug-likeness (QED) is 0.641. The maximum absolute atomic E-state index is 11.8. The highest BCUT2D eigenvalue weighted by atomic mass is 19.4. The molecule has 1 heterocycles. The molecule has 1 aromatic carbocycles. The number of nitrogens with one attached hydrogen (secondary N) is 2. The highest BCUT2D eigenvalue weighted by Crippen LogP contribution is 2.15. The van der Waals surface area contributed by atoms with Crippen molar-refractivity contribution in [2.45, 2.75) is 12.7 Å². The highest BCUT2D eigenvalue weighted by Gasteiger charge is 2.27. The smallest absolute Gasteiger partial charge is 0.361 e. The van der Waals surface area contributed by atoms with Crippen LogP contribution in [0.4, 0.5) is 13.2 Å². The summed E-state index contributed by atoms with van der Waals surface area (Å²) in [5, 5.41) is 1.01. The van der Waals surface area contributed by atoms with Crippen molar-refractivity contribution in [1.29, 1.82) is 0 Å². The summed E-state index contributed by atoms with van der Waals surface area (Å²) in [4.78, 5) is 7.35. The second-order valence-corrected chi connectivity index (χ2v) is 3.62. The van der Waals surface area contributed by atoms with E-state index in [1.165, 1.54) is 0 Å². The molecule has 0 radical (unpaired) electrons. The van der Waals surface area contributed by atoms with Crippen molar-refractivity contribution < 1.29 is 18.0 Å². The molecule has 1 aromatic heterocycles. The third kappa shape index (κ3) is 3.47. The molecule has 0 aliphatic carbocycles. The van der Waals surface area contributed by atoms with Gasteiger partial charge in [0.05, 0.1) is 0 Å². The number of benzene rings is 1. The molecule has 0 spiro atoms. The van der Waals surface area contributed by atoms with E-state index in [0.717, 1.165) is 16.5 Å². The number of H-pyrrole nitrogens is 1. The Bertz CT molecular complexity index is 493. The van der Waals surface area contributed by atoms with Crippen LogP contribution < -0.4 is 5.48 Å². The van der Waals surface area contributed by atoms with Gasteiger partial charge in [-0.15, -0.1) is 0 Å². The Morgan fingerprint density at radius 1 is 1.24 bits per heavy atom. The summed E-state index contributed by atoms with van der Waals surface area (Å²) in [5.41, 5.74) is 4.14. The zero-order chi connectivity index (χ0) is 12.3. The van der Waals surface area contributed by atoms with Gasteiger partial charge in [-0.3, -0.25) is 4.84 Å². The number of hydrogen-bond donors (Lipinski definition) is 2. The largest absolute Gasteiger partial charge is 0.413 e. The Kier molecular flexibility index (Phi) is 3.35. The standard InChI is InChI=1S/C11H11F3N2O/c12-11(13,14)7-17-16-6-8-1-2-10-9(5-8)3-4-15-10/h1-5,15-16H,6-7H2. The number of rotatable bonds is 4. The summed E-state index contributed by atoms with van der Waals surface area (Å²) in [6.07, 6.45) is -2.50. The van der Waals surface area contributed by atoms with Gasteiger partial charge < -0.3 is 4.98 Å². The summed E-state index contributed by atoms with van der Waals surface area (Å²) < 4.78 is 35.3. The predicted molar refractivity (Wildman–Crippen MR) is 57.1 cm³/mol. The minimum Gasteiger partial charge on any atom is -0.361 e. The molecule has 17 heavy (non-hydrogen) atoms. The Labute approximate surface area is 95.5 Å². The van der Waals surface area contributed by atoms with Crippen LogP contribution in [0, 0.1) is 0 Å². The van der Waals surface area contributed by atoms with Crippen molar-refractivity contribution in [2.24, 2.45) is 0 Å². The molecule has 0 amide bonds. The van der Waals surface area contributed by atoms with Crippen LogP contribution >= 0.6 is 0 Å². The molecule has 0 fully saturated rings. The zero-order valence-corrected chi connectivity index (χ0v) is 8.84. The van der Waals surface area contributed by atoms with Gasteiger partial charge in [-0.2, -0.15) is 18.7 Å². The molecular weight excluding hydrogens is 233 g/mol. The van der Waals surface area contributed by atoms with Crippen molar-refractivity contribution in [3.63, 3.8) is 0 Å². The number of aromatic nitrogens is 1. The second kappa shape index (κ2) is 4.77. The summed E-state index contributed by atoms with van der Waals surface area (Å²) >= 11 is 0. The Hall–Kier alpha value is -1.53. The molecule has 0 aliphatic heterocycles. The van der Waals surface area contributed by atoms with Crippen molar-refractivity contribution in [1.82, 2.24) is 10.5 Å². The molecule has 3 nitrogen and oxygen atoms in total. The van der Waals surface area contributed by atoms with Gasteiger partial charge in [0, 0.05) is 18.3 Å². The first-order valence-electron chi connectivity index (χ1n) is 5.02. The Morgan fingerprint density at radius 3 is 2.82 bits per heavy atom. The lowest BCUT2D eigenvalue weighted by molar-refractivity contribution is -0.190. The van der Waals surface area contributed by atoms with Gasteiger partial charge in [0.1, 0.15) is 0 Å². The number of alkyl halides is 3. The van der Waals surface area contributed by atoms with Gasteiger partial charge in [-0.05, 0) is 29.1 Å². The summed E-state index contributed by atoms with van der Waals surface area (Å²) in [6, 6.07) is 7.48. The maximum atomic E-state index is 11.8. The van der Waals surface area contributed by atoms with Crippen molar-refractivity contribution in [3.05, 3.63) is 36.0 Å². The minimum absolute atomic E-state index is 0.233. The number of aromatic amines is 1. The molecule has 0 unspecified atom stereocenters. The number of hydroxylamine groups is 1. The lowest BCUT2D eigenvalue weighted by atomic mass is 10.1. The molecule has 0 saturated heterocycles. The second-order valence-electron chi connectivity index (χ2n) is 3.62. The number of fused-ring (bicyclic) bond motifs is 1. The third-order valence-corrected chi connectivity index (χ3v) is 2.23. The van der Waals surface area contributed by atoms with Crippen molar-refractivity contribution in [3.8, 4) is 0 Å². The van der Waals surface area contributed by atoms with Gasteiger partial charge in [0.2, 0.25) is 0 Å². The first-order valence-corrected chi connectivity index (χ1v) is 5.02. The third-order valence-electron chi connectivity index (χ3n) is 2.23. The molecule has 0 aliphatic rings. The first-order chi connectivity index (χ1) is 8.04. The average Bonchev–Trinajstić information content (AvgIpc) is 2.70. The van der Waals surface area contributed by atoms with E-state index in [1.807, 2.05) is 30.5 Å². The molecule has 2 N–H and O–H groups in total. The van der Waals surface area contributed by atoms with E-state index < -0.39 is 12.8 Å². The van der Waals surface area contributed by atoms with Crippen LogP contribution in [-0.4, -0.2) is 17.8 Å². The fourth-order valence-electron chi connectivity index (χ4n) is 1.48. The van der Waals surface area contributed by atoms with Gasteiger partial charge in [-0.1, -0.05) is 6.07 Å². The molecular formula is C11H11F3N2O. The first kappa shape index (κ1) is 11.9. The van der Waals surface area contributed by atoms with Gasteiger partial charge in [0.15, 0.2) is 6.61 Å². The lowest BCUT2D eigenvalue weighted by Gasteiger charge is -2.08. The van der Waals surface area contributed by atoms with Crippen LogP contribution in [0.5, 0.6) is 0 Å². The summed E-state index contributed by atoms with van der Waals surface area (Å²) in [5.74, 6) is 0. The Balaban J connectivity index is 1.86. The van der Waals surface area contributed by atoms with Crippen LogP contribution in [0.25, 0.3) is 10.9 Å². The van der Waals surface area contributed by atoms with Crippen LogP contribution in [-0.2, 0) is 11.4 Å². The summed E-state index contributed by atoms with van der Waals surface area (Å²) in [7, 11) is 0. The molecule has 0 saturated carbocycles. The number of halogens is 3. The highest BCUT2D eigenvalue weighted by molar-refractivity contribution is 5.79. The van der Waals surface area contributed by atoms with Crippen molar-refractivity contribution >= 4 is 10.9 Å². The van der Waals surface area contributed by atoms with Crippen molar-refractivity contribution in [2.75, 3.05) is 6.61 Å². The van der Waals surface area contributed by atoms with E-state index in [1.54, 1.807) is 0 Å². The monoisotopic (exact) mass is 244 g/mol. The maximum Gasteiger partial charge on any atom is 0.413 e. The zero-order valence-electron chi connectivity index (χ0n) is 8.84. The van der Waals surface area contributed by atoms with Gasteiger partial charge >= 0.3 is 6.18 Å². The van der Waals surface area contributed by atoms with E-state index in [9.17, 15) is 13.2 Å². The lowest BCUT2D eigenvalue weighted by Crippen LogP contribution is -2.24. The fraction of sp³-hybridized carbons (Fsp3) is 0.273. The van der Waals surface area contributed by atoms with Crippen LogP contribution in [0.2, 0.25) is 0 Å². The van der Waals surface area contributed by atoms with Crippen LogP contribution in [0.15, 0.2) is 30.5 Å². The topological polar surface area (TPSA) is 37.0 Å². The average molecular weight is 244 g/mol. The Morgan fingerprint density at radius 2 is 2.06 bits per heavy atom. The minimum atomic E-state index is -4.31. The van der Waals surface area contributed by atoms with E-state index >= 15 is 0 Å². The molecule has 6 heteroatoms. The number of hydrogen-bond acceptors (Lipinski definition) is 2. The van der Waals surface area contributed by atoms with Gasteiger partial charge in [-0.25, -0.2) is 0 Å². The van der Waals surface area contributed by atoms with Gasteiger partial charge in [0.25, 0.3) is 0 Å².